The van der Waals surface area contributed by atoms with Crippen LogP contribution in [0.2, 0.25) is 0 Å². The van der Waals surface area contributed by atoms with Gasteiger partial charge in [-0.3, -0.25) is 4.31 Å². The van der Waals surface area contributed by atoms with Gasteiger partial charge in [0.25, 0.3) is 10.0 Å². The summed E-state index contributed by atoms with van der Waals surface area (Å²) in [5, 5.41) is 2.05. The third kappa shape index (κ3) is 2.84. The van der Waals surface area contributed by atoms with Gasteiger partial charge in [0, 0.05) is 6.04 Å². The summed E-state index contributed by atoms with van der Waals surface area (Å²) in [6.07, 6.45) is 0. The Balaban J connectivity index is 2.14. The van der Waals surface area contributed by atoms with Crippen molar-refractivity contribution in [2.45, 2.75) is 31.9 Å². The highest BCUT2D eigenvalue weighted by Gasteiger charge is 2.30. The monoisotopic (exact) mass is 329 g/mol. The van der Waals surface area contributed by atoms with E-state index in [0.29, 0.717) is 11.4 Å². The van der Waals surface area contributed by atoms with Crippen LogP contribution in [0.4, 0.5) is 5.69 Å². The van der Waals surface area contributed by atoms with Crippen LogP contribution in [-0.4, -0.2) is 14.5 Å². The zero-order chi connectivity index (χ0) is 16.6. The number of aryl methyl sites for hydroxylation is 1. The van der Waals surface area contributed by atoms with E-state index < -0.39 is 10.0 Å². The van der Waals surface area contributed by atoms with Crippen molar-refractivity contribution in [3.8, 4) is 0 Å². The molecular formula is C18H19NO3S. The van der Waals surface area contributed by atoms with Crippen LogP contribution in [0, 0.1) is 6.92 Å². The predicted molar refractivity (Wildman–Crippen MR) is 92.2 cm³/mol. The van der Waals surface area contributed by atoms with E-state index in [0.717, 1.165) is 10.8 Å². The molecule has 3 rings (SSSR count). The lowest BCUT2D eigenvalue weighted by Crippen LogP contribution is -2.36. The van der Waals surface area contributed by atoms with Crippen LogP contribution < -0.4 is 4.31 Å². The highest BCUT2D eigenvalue weighted by Crippen LogP contribution is 2.29. The van der Waals surface area contributed by atoms with Crippen LogP contribution in [0.5, 0.6) is 0 Å². The van der Waals surface area contributed by atoms with E-state index >= 15 is 0 Å². The normalized spacial score (nSPS) is 12.0. The minimum atomic E-state index is -3.73. The van der Waals surface area contributed by atoms with E-state index in [-0.39, 0.29) is 11.1 Å². The number of furan rings is 1. The summed E-state index contributed by atoms with van der Waals surface area (Å²) >= 11 is 0. The van der Waals surface area contributed by atoms with Crippen LogP contribution >= 0.6 is 0 Å². The third-order valence-corrected chi connectivity index (χ3v) is 5.56. The molecule has 0 saturated heterocycles. The fourth-order valence-corrected chi connectivity index (χ4v) is 4.29. The lowest BCUT2D eigenvalue weighted by atomic mass is 10.1. The van der Waals surface area contributed by atoms with Gasteiger partial charge < -0.3 is 4.42 Å². The topological polar surface area (TPSA) is 50.5 Å². The summed E-state index contributed by atoms with van der Waals surface area (Å²) in [4.78, 5) is 0. The Hall–Kier alpha value is -2.27. The second-order valence-electron chi connectivity index (χ2n) is 5.79. The Morgan fingerprint density at radius 1 is 0.957 bits per heavy atom. The quantitative estimate of drug-likeness (QED) is 0.715. The van der Waals surface area contributed by atoms with E-state index in [1.165, 1.54) is 10.4 Å². The molecule has 4 nitrogen and oxygen atoms in total. The average Bonchev–Trinajstić information content (AvgIpc) is 2.94. The molecule has 1 aromatic heterocycles. The molecule has 0 aliphatic carbocycles. The third-order valence-electron chi connectivity index (χ3n) is 3.69. The first kappa shape index (κ1) is 15.6. The number of hydrogen-bond donors (Lipinski definition) is 0. The van der Waals surface area contributed by atoms with Crippen LogP contribution in [0.25, 0.3) is 10.8 Å². The fourth-order valence-electron chi connectivity index (χ4n) is 2.68. The average molecular weight is 329 g/mol. The summed E-state index contributed by atoms with van der Waals surface area (Å²) in [6, 6.07) is 16.5. The molecule has 0 fully saturated rings. The minimum absolute atomic E-state index is 0.0307. The Morgan fingerprint density at radius 3 is 2.26 bits per heavy atom. The van der Waals surface area contributed by atoms with Gasteiger partial charge in [0.15, 0.2) is 0 Å². The van der Waals surface area contributed by atoms with Gasteiger partial charge in [0.2, 0.25) is 5.09 Å². The molecule has 0 atom stereocenters. The van der Waals surface area contributed by atoms with Crippen LogP contribution in [-0.2, 0) is 10.0 Å². The smallest absolute Gasteiger partial charge is 0.298 e. The number of nitrogens with zero attached hydrogens (tertiary/aromatic N) is 1. The second kappa shape index (κ2) is 5.74. The van der Waals surface area contributed by atoms with Gasteiger partial charge in [-0.1, -0.05) is 30.3 Å². The largest absolute Gasteiger partial charge is 0.448 e. The van der Waals surface area contributed by atoms with E-state index in [4.69, 9.17) is 4.42 Å². The molecule has 0 N–H and O–H groups in total. The Labute approximate surface area is 136 Å². The molecule has 2 aromatic carbocycles. The van der Waals surface area contributed by atoms with Gasteiger partial charge in [-0.25, -0.2) is 0 Å². The maximum atomic E-state index is 13.0. The maximum Gasteiger partial charge on any atom is 0.298 e. The van der Waals surface area contributed by atoms with Gasteiger partial charge in [0.1, 0.15) is 5.76 Å². The molecular weight excluding hydrogens is 310 g/mol. The molecule has 0 aliphatic heterocycles. The van der Waals surface area contributed by atoms with Gasteiger partial charge in [-0.05, 0) is 55.8 Å². The number of fused-ring (bicyclic) bond motifs is 1. The molecule has 0 spiro atoms. The second-order valence-corrected chi connectivity index (χ2v) is 7.54. The summed E-state index contributed by atoms with van der Waals surface area (Å²) in [5.74, 6) is 0.575. The van der Waals surface area contributed by atoms with Crippen LogP contribution in [0.15, 0.2) is 64.1 Å². The van der Waals surface area contributed by atoms with Crippen molar-refractivity contribution in [3.63, 3.8) is 0 Å². The van der Waals surface area contributed by atoms with Gasteiger partial charge in [-0.15, -0.1) is 0 Å². The lowest BCUT2D eigenvalue weighted by molar-refractivity contribution is 0.426. The fraction of sp³-hybridized carbons (Fsp3) is 0.222. The highest BCUT2D eigenvalue weighted by molar-refractivity contribution is 7.92. The first-order chi connectivity index (χ1) is 10.9. The zero-order valence-electron chi connectivity index (χ0n) is 13.4. The molecule has 0 amide bonds. The van der Waals surface area contributed by atoms with E-state index in [9.17, 15) is 8.42 Å². The number of hydrogen-bond acceptors (Lipinski definition) is 3. The van der Waals surface area contributed by atoms with Gasteiger partial charge >= 0.3 is 0 Å². The molecule has 0 radical (unpaired) electrons. The number of benzene rings is 2. The lowest BCUT2D eigenvalue weighted by Gasteiger charge is -2.27. The summed E-state index contributed by atoms with van der Waals surface area (Å²) in [5.41, 5.74) is 0.632. The van der Waals surface area contributed by atoms with Crippen molar-refractivity contribution in [2.75, 3.05) is 4.31 Å². The minimum Gasteiger partial charge on any atom is -0.448 e. The molecule has 1 heterocycles. The first-order valence-corrected chi connectivity index (χ1v) is 8.93. The van der Waals surface area contributed by atoms with Gasteiger partial charge in [0.05, 0.1) is 5.69 Å². The number of sulfonamides is 1. The van der Waals surface area contributed by atoms with E-state index in [1.54, 1.807) is 13.0 Å². The Kier molecular flexibility index (Phi) is 3.90. The molecule has 0 saturated carbocycles. The molecule has 23 heavy (non-hydrogen) atoms. The van der Waals surface area contributed by atoms with Crippen LogP contribution in [0.1, 0.15) is 19.6 Å². The summed E-state index contributed by atoms with van der Waals surface area (Å²) in [7, 11) is -3.73. The standard InChI is InChI=1S/C18H19NO3S/c1-13(2)19(23(20,21)18-11-8-14(3)22-18)17-10-9-15-6-4-5-7-16(15)12-17/h4-13H,1-3H3. The SMILES string of the molecule is Cc1ccc(S(=O)(=O)N(c2ccc3ccccc3c2)C(C)C)o1. The summed E-state index contributed by atoms with van der Waals surface area (Å²) in [6.45, 7) is 5.43. The van der Waals surface area contributed by atoms with Crippen molar-refractivity contribution in [3.05, 3.63) is 60.4 Å². The van der Waals surface area contributed by atoms with Crippen LogP contribution in [0.3, 0.4) is 0 Å². The van der Waals surface area contributed by atoms with Crippen molar-refractivity contribution in [1.82, 2.24) is 0 Å². The van der Waals surface area contributed by atoms with Gasteiger partial charge in [-0.2, -0.15) is 8.42 Å². The van der Waals surface area contributed by atoms with Crippen molar-refractivity contribution >= 4 is 26.5 Å². The maximum absolute atomic E-state index is 13.0. The first-order valence-electron chi connectivity index (χ1n) is 7.49. The predicted octanol–water partition coefficient (Wildman–Crippen LogP) is 4.34. The number of rotatable bonds is 4. The van der Waals surface area contributed by atoms with E-state index in [1.807, 2.05) is 56.3 Å². The van der Waals surface area contributed by atoms with Crippen molar-refractivity contribution in [1.29, 1.82) is 0 Å². The van der Waals surface area contributed by atoms with Crippen molar-refractivity contribution < 1.29 is 12.8 Å². The summed E-state index contributed by atoms with van der Waals surface area (Å²) < 4.78 is 32.7. The molecule has 0 aliphatic rings. The molecule has 3 aromatic rings. The van der Waals surface area contributed by atoms with Crippen molar-refractivity contribution in [2.24, 2.45) is 0 Å². The molecule has 120 valence electrons. The molecule has 0 unspecified atom stereocenters. The number of anilines is 1. The van der Waals surface area contributed by atoms with E-state index in [2.05, 4.69) is 0 Å². The highest BCUT2D eigenvalue weighted by atomic mass is 32.2. The molecule has 5 heteroatoms. The Morgan fingerprint density at radius 2 is 1.65 bits per heavy atom. The Bertz CT molecular complexity index is 942. The zero-order valence-corrected chi connectivity index (χ0v) is 14.2. The molecule has 0 bridgehead atoms.